The Kier molecular flexibility index (Phi) is 4.11. The molecule has 1 atom stereocenters. The fourth-order valence-corrected chi connectivity index (χ4v) is 2.47. The highest BCUT2D eigenvalue weighted by atomic mass is 19.1. The van der Waals surface area contributed by atoms with Crippen molar-refractivity contribution in [1.82, 2.24) is 14.5 Å². The van der Waals surface area contributed by atoms with E-state index in [2.05, 4.69) is 9.97 Å². The molecule has 2 aromatic heterocycles. The van der Waals surface area contributed by atoms with Crippen molar-refractivity contribution in [3.63, 3.8) is 0 Å². The molecule has 3 rings (SSSR count). The number of hydrogen-bond acceptors (Lipinski definition) is 4. The lowest BCUT2D eigenvalue weighted by Gasteiger charge is -2.13. The van der Waals surface area contributed by atoms with Gasteiger partial charge in [0.05, 0.1) is 0 Å². The lowest BCUT2D eigenvalue weighted by Crippen LogP contribution is -2.26. The molecular formula is C16H16FN3O2. The van der Waals surface area contributed by atoms with Crippen molar-refractivity contribution in [2.45, 2.75) is 25.6 Å². The maximum absolute atomic E-state index is 13.2. The van der Waals surface area contributed by atoms with Crippen molar-refractivity contribution in [2.75, 3.05) is 6.61 Å². The molecule has 1 N–H and O–H groups in total. The summed E-state index contributed by atoms with van der Waals surface area (Å²) in [5.41, 5.74) is 1.75. The number of nitrogens with zero attached hydrogens (tertiary/aromatic N) is 3. The summed E-state index contributed by atoms with van der Waals surface area (Å²) in [5, 5.41) is 9.02. The molecule has 0 bridgehead atoms. The number of halogens is 1. The number of aromatic nitrogens is 3. The summed E-state index contributed by atoms with van der Waals surface area (Å²) in [6, 6.07) is 3.54. The second-order valence-corrected chi connectivity index (χ2v) is 5.11. The number of aliphatic hydroxyl groups excluding tert-OH is 1. The summed E-state index contributed by atoms with van der Waals surface area (Å²) in [6.45, 7) is 0.353. The van der Waals surface area contributed by atoms with Gasteiger partial charge in [-0.05, 0) is 24.6 Å². The van der Waals surface area contributed by atoms with Crippen LogP contribution in [0.3, 0.4) is 0 Å². The first kappa shape index (κ1) is 14.6. The molecule has 1 aliphatic carbocycles. The van der Waals surface area contributed by atoms with Gasteiger partial charge in [-0.15, -0.1) is 0 Å². The van der Waals surface area contributed by atoms with Gasteiger partial charge < -0.3 is 5.11 Å². The van der Waals surface area contributed by atoms with Crippen molar-refractivity contribution in [2.24, 2.45) is 0 Å². The van der Waals surface area contributed by atoms with E-state index >= 15 is 0 Å². The molecule has 2 aromatic rings. The van der Waals surface area contributed by atoms with Gasteiger partial charge in [0.2, 0.25) is 0 Å². The Labute approximate surface area is 126 Å². The Morgan fingerprint density at radius 1 is 1.45 bits per heavy atom. The lowest BCUT2D eigenvalue weighted by molar-refractivity contribution is 0.279. The van der Waals surface area contributed by atoms with Crippen molar-refractivity contribution < 1.29 is 9.50 Å². The molecule has 0 aromatic carbocycles. The largest absolute Gasteiger partial charge is 0.396 e. The molecule has 1 unspecified atom stereocenters. The summed E-state index contributed by atoms with van der Waals surface area (Å²) in [6.07, 6.45) is 6.00. The Bertz CT molecular complexity index is 811. The Morgan fingerprint density at radius 3 is 3.05 bits per heavy atom. The van der Waals surface area contributed by atoms with Gasteiger partial charge in [0.25, 0.3) is 5.56 Å². The van der Waals surface area contributed by atoms with Gasteiger partial charge in [-0.2, -0.15) is 0 Å². The molecule has 0 saturated heterocycles. The SMILES string of the molecule is O=c1c(C2=CCC(F)C=C2)nc2cccnc2n1CCCO. The van der Waals surface area contributed by atoms with E-state index in [1.807, 2.05) is 0 Å². The van der Waals surface area contributed by atoms with E-state index in [0.717, 1.165) is 0 Å². The molecule has 2 heterocycles. The molecule has 0 saturated carbocycles. The van der Waals surface area contributed by atoms with Crippen LogP contribution in [0.5, 0.6) is 0 Å². The minimum absolute atomic E-state index is 0.00937. The number of allylic oxidation sites excluding steroid dienone is 4. The minimum Gasteiger partial charge on any atom is -0.396 e. The van der Waals surface area contributed by atoms with Crippen LogP contribution in [-0.2, 0) is 6.54 Å². The van der Waals surface area contributed by atoms with Crippen LogP contribution in [0.4, 0.5) is 4.39 Å². The Balaban J connectivity index is 2.17. The molecule has 0 aliphatic heterocycles. The van der Waals surface area contributed by atoms with Crippen molar-refractivity contribution in [1.29, 1.82) is 0 Å². The molecule has 0 spiro atoms. The highest BCUT2D eigenvalue weighted by Crippen LogP contribution is 2.20. The number of aliphatic hydroxyl groups is 1. The first-order valence-corrected chi connectivity index (χ1v) is 7.20. The number of alkyl halides is 1. The molecule has 0 fully saturated rings. The summed E-state index contributed by atoms with van der Waals surface area (Å²) in [7, 11) is 0. The second-order valence-electron chi connectivity index (χ2n) is 5.11. The predicted molar refractivity (Wildman–Crippen MR) is 82.1 cm³/mol. The van der Waals surface area contributed by atoms with Gasteiger partial charge in [0.1, 0.15) is 17.4 Å². The summed E-state index contributed by atoms with van der Waals surface area (Å²) in [4.78, 5) is 21.3. The van der Waals surface area contributed by atoms with E-state index in [4.69, 9.17) is 5.11 Å². The highest BCUT2D eigenvalue weighted by Gasteiger charge is 2.16. The Morgan fingerprint density at radius 2 is 2.32 bits per heavy atom. The zero-order chi connectivity index (χ0) is 15.5. The van der Waals surface area contributed by atoms with Gasteiger partial charge in [0, 0.05) is 31.3 Å². The monoisotopic (exact) mass is 301 g/mol. The van der Waals surface area contributed by atoms with E-state index in [1.54, 1.807) is 30.5 Å². The number of fused-ring (bicyclic) bond motifs is 1. The zero-order valence-electron chi connectivity index (χ0n) is 11.9. The first-order valence-electron chi connectivity index (χ1n) is 7.20. The third-order valence-corrected chi connectivity index (χ3v) is 3.56. The fraction of sp³-hybridized carbons (Fsp3) is 0.312. The van der Waals surface area contributed by atoms with Gasteiger partial charge in [0.15, 0.2) is 5.65 Å². The number of hydrogen-bond donors (Lipinski definition) is 1. The number of pyridine rings is 1. The normalized spacial score (nSPS) is 17.7. The summed E-state index contributed by atoms with van der Waals surface area (Å²) < 4.78 is 14.7. The van der Waals surface area contributed by atoms with Crippen molar-refractivity contribution in [3.05, 3.63) is 52.6 Å². The van der Waals surface area contributed by atoms with Crippen LogP contribution >= 0.6 is 0 Å². The molecule has 114 valence electrons. The number of rotatable bonds is 4. The van der Waals surface area contributed by atoms with Crippen LogP contribution in [0.15, 0.2) is 41.4 Å². The molecule has 0 radical (unpaired) electrons. The van der Waals surface area contributed by atoms with Gasteiger partial charge in [-0.3, -0.25) is 9.36 Å². The van der Waals surface area contributed by atoms with Crippen LogP contribution in [-0.4, -0.2) is 32.4 Å². The highest BCUT2D eigenvalue weighted by molar-refractivity contribution is 5.77. The summed E-state index contributed by atoms with van der Waals surface area (Å²) in [5.74, 6) is 0. The maximum Gasteiger partial charge on any atom is 0.278 e. The van der Waals surface area contributed by atoms with Crippen LogP contribution in [0.1, 0.15) is 18.5 Å². The smallest absolute Gasteiger partial charge is 0.278 e. The van der Waals surface area contributed by atoms with Crippen molar-refractivity contribution in [3.8, 4) is 0 Å². The van der Waals surface area contributed by atoms with E-state index < -0.39 is 6.17 Å². The predicted octanol–water partition coefficient (Wildman–Crippen LogP) is 1.86. The van der Waals surface area contributed by atoms with E-state index in [0.29, 0.717) is 35.4 Å². The zero-order valence-corrected chi connectivity index (χ0v) is 11.9. The van der Waals surface area contributed by atoms with Crippen LogP contribution in [0.2, 0.25) is 0 Å². The van der Waals surface area contributed by atoms with Gasteiger partial charge in [-0.25, -0.2) is 14.4 Å². The molecule has 6 heteroatoms. The third-order valence-electron chi connectivity index (χ3n) is 3.56. The third kappa shape index (κ3) is 2.69. The maximum atomic E-state index is 13.2. The average molecular weight is 301 g/mol. The Hall–Kier alpha value is -2.34. The molecular weight excluding hydrogens is 285 g/mol. The molecule has 0 amide bonds. The molecule has 22 heavy (non-hydrogen) atoms. The van der Waals surface area contributed by atoms with Crippen LogP contribution in [0, 0.1) is 0 Å². The summed E-state index contributed by atoms with van der Waals surface area (Å²) >= 11 is 0. The van der Waals surface area contributed by atoms with Crippen molar-refractivity contribution >= 4 is 16.7 Å². The standard InChI is InChI=1S/C16H16FN3O2/c17-12-6-4-11(5-7-12)14-16(22)20(9-2-10-21)15-13(19-14)3-1-8-18-15/h1,3-6,8,12,21H,2,7,9-10H2. The lowest BCUT2D eigenvalue weighted by atomic mass is 10.0. The average Bonchev–Trinajstić information content (AvgIpc) is 2.54. The van der Waals surface area contributed by atoms with E-state index in [1.165, 1.54) is 10.6 Å². The van der Waals surface area contributed by atoms with Gasteiger partial charge in [-0.1, -0.05) is 12.2 Å². The fourth-order valence-electron chi connectivity index (χ4n) is 2.47. The first-order chi connectivity index (χ1) is 10.7. The van der Waals surface area contributed by atoms with Crippen LogP contribution < -0.4 is 5.56 Å². The van der Waals surface area contributed by atoms with E-state index in [-0.39, 0.29) is 18.6 Å². The molecule has 1 aliphatic rings. The van der Waals surface area contributed by atoms with Gasteiger partial charge >= 0.3 is 0 Å². The minimum atomic E-state index is -1.01. The topological polar surface area (TPSA) is 68.0 Å². The quantitative estimate of drug-likeness (QED) is 0.936. The second kappa shape index (κ2) is 6.19. The molecule has 5 nitrogen and oxygen atoms in total. The number of aryl methyl sites for hydroxylation is 1. The van der Waals surface area contributed by atoms with E-state index in [9.17, 15) is 9.18 Å². The van der Waals surface area contributed by atoms with Crippen LogP contribution in [0.25, 0.3) is 16.7 Å².